The molecule has 25 heavy (non-hydrogen) atoms. The first-order valence-corrected chi connectivity index (χ1v) is 8.48. The number of esters is 1. The molecule has 0 radical (unpaired) electrons. The predicted molar refractivity (Wildman–Crippen MR) is 95.9 cm³/mol. The van der Waals surface area contributed by atoms with E-state index in [2.05, 4.69) is 5.32 Å². The lowest BCUT2D eigenvalue weighted by molar-refractivity contribution is -0.154. The minimum absolute atomic E-state index is 0.376. The van der Waals surface area contributed by atoms with Crippen LogP contribution in [0, 0.1) is 0 Å². The molecule has 0 heterocycles. The van der Waals surface area contributed by atoms with Crippen molar-refractivity contribution in [2.45, 2.75) is 65.4 Å². The summed E-state index contributed by atoms with van der Waals surface area (Å²) in [6.07, 6.45) is -1.56. The molecule has 3 atom stereocenters. The molecular weight excluding hydrogens is 346 g/mol. The topological polar surface area (TPSA) is 73.9 Å². The Balaban J connectivity index is 2.48. The van der Waals surface area contributed by atoms with Crippen LogP contribution in [-0.2, 0) is 14.3 Å². The lowest BCUT2D eigenvalue weighted by Gasteiger charge is -2.24. The molecule has 0 aromatic heterocycles. The van der Waals surface area contributed by atoms with Crippen molar-refractivity contribution in [3.8, 4) is 5.75 Å². The summed E-state index contributed by atoms with van der Waals surface area (Å²) in [5, 5.41) is 3.06. The van der Waals surface area contributed by atoms with Crippen molar-refractivity contribution in [1.82, 2.24) is 5.32 Å². The first kappa shape index (κ1) is 21.1. The number of alkyl carbamates (subject to hydrolysis) is 1. The Morgan fingerprint density at radius 1 is 1.04 bits per heavy atom. The van der Waals surface area contributed by atoms with Crippen molar-refractivity contribution < 1.29 is 23.8 Å². The molecule has 0 saturated carbocycles. The largest absolute Gasteiger partial charge is 0.487 e. The van der Waals surface area contributed by atoms with Crippen molar-refractivity contribution >= 4 is 23.7 Å². The van der Waals surface area contributed by atoms with Gasteiger partial charge in [0.2, 0.25) is 0 Å². The average Bonchev–Trinajstić information content (AvgIpc) is 2.47. The van der Waals surface area contributed by atoms with Gasteiger partial charge in [-0.3, -0.25) is 0 Å². The number of ether oxygens (including phenoxy) is 3. The summed E-state index contributed by atoms with van der Waals surface area (Å²) >= 11 is 5.83. The van der Waals surface area contributed by atoms with Gasteiger partial charge < -0.3 is 19.5 Å². The van der Waals surface area contributed by atoms with Crippen LogP contribution in [0.15, 0.2) is 24.3 Å². The number of carbonyl (C=O) groups is 2. The molecule has 1 N–H and O–H groups in total. The highest BCUT2D eigenvalue weighted by atomic mass is 35.5. The van der Waals surface area contributed by atoms with Gasteiger partial charge in [-0.1, -0.05) is 11.6 Å². The molecule has 0 bridgehead atoms. The predicted octanol–water partition coefficient (Wildman–Crippen LogP) is 3.95. The number of nitrogens with one attached hydrogen (secondary N) is 1. The van der Waals surface area contributed by atoms with Crippen LogP contribution >= 0.6 is 11.6 Å². The van der Waals surface area contributed by atoms with Gasteiger partial charge in [-0.25, -0.2) is 9.59 Å². The fourth-order valence-electron chi connectivity index (χ4n) is 1.75. The summed E-state index contributed by atoms with van der Waals surface area (Å²) in [6, 6.07) is 6.07. The van der Waals surface area contributed by atoms with Crippen LogP contribution in [0.3, 0.4) is 0 Å². The van der Waals surface area contributed by atoms with E-state index in [-0.39, 0.29) is 6.10 Å². The Morgan fingerprint density at radius 3 is 2.12 bits per heavy atom. The Bertz CT molecular complexity index is 582. The molecule has 1 aromatic rings. The summed E-state index contributed by atoms with van der Waals surface area (Å²) in [5.74, 6) is 0.0599. The van der Waals surface area contributed by atoms with E-state index in [1.807, 2.05) is 0 Å². The van der Waals surface area contributed by atoms with E-state index in [0.29, 0.717) is 10.8 Å². The normalized spacial score (nSPS) is 14.8. The molecule has 1 aromatic carbocycles. The Kier molecular flexibility index (Phi) is 7.55. The van der Waals surface area contributed by atoms with Gasteiger partial charge in [-0.15, -0.1) is 0 Å². The average molecular weight is 372 g/mol. The number of benzene rings is 1. The summed E-state index contributed by atoms with van der Waals surface area (Å²) in [7, 11) is 0. The molecule has 0 unspecified atom stereocenters. The van der Waals surface area contributed by atoms with Gasteiger partial charge >= 0.3 is 12.1 Å². The fourth-order valence-corrected chi connectivity index (χ4v) is 1.87. The second-order valence-corrected chi connectivity index (χ2v) is 7.22. The van der Waals surface area contributed by atoms with E-state index in [1.54, 1.807) is 58.9 Å². The highest BCUT2D eigenvalue weighted by Crippen LogP contribution is 2.18. The van der Waals surface area contributed by atoms with Crippen LogP contribution in [0.1, 0.15) is 41.5 Å². The van der Waals surface area contributed by atoms with Gasteiger partial charge in [0, 0.05) is 5.02 Å². The zero-order chi connectivity index (χ0) is 19.2. The Morgan fingerprint density at radius 2 is 1.60 bits per heavy atom. The molecule has 140 valence electrons. The maximum absolute atomic E-state index is 12.1. The smallest absolute Gasteiger partial charge is 0.408 e. The van der Waals surface area contributed by atoms with Crippen LogP contribution in [0.4, 0.5) is 4.79 Å². The second-order valence-electron chi connectivity index (χ2n) is 6.79. The van der Waals surface area contributed by atoms with Gasteiger partial charge in [0.25, 0.3) is 0 Å². The molecule has 0 saturated heterocycles. The van der Waals surface area contributed by atoms with Crippen molar-refractivity contribution in [3.05, 3.63) is 29.3 Å². The van der Waals surface area contributed by atoms with E-state index in [0.717, 1.165) is 0 Å². The van der Waals surface area contributed by atoms with Crippen LogP contribution in [0.2, 0.25) is 5.02 Å². The quantitative estimate of drug-likeness (QED) is 0.766. The van der Waals surface area contributed by atoms with Crippen molar-refractivity contribution in [2.75, 3.05) is 0 Å². The molecule has 0 aliphatic carbocycles. The summed E-state index contributed by atoms with van der Waals surface area (Å²) in [5.41, 5.74) is -0.637. The third kappa shape index (κ3) is 8.12. The summed E-state index contributed by atoms with van der Waals surface area (Å²) in [4.78, 5) is 23.8. The zero-order valence-corrected chi connectivity index (χ0v) is 16.2. The first-order chi connectivity index (χ1) is 11.5. The van der Waals surface area contributed by atoms with Gasteiger partial charge in [-0.05, 0) is 65.8 Å². The number of halogens is 1. The SMILES string of the molecule is C[C@H](NC(=O)OC(C)(C)C)C(=O)O[C@@H](C)[C@@H](C)Oc1ccc(Cl)cc1. The van der Waals surface area contributed by atoms with Gasteiger partial charge in [-0.2, -0.15) is 0 Å². The van der Waals surface area contributed by atoms with Gasteiger partial charge in [0.1, 0.15) is 29.6 Å². The molecule has 0 aliphatic heterocycles. The number of amides is 1. The number of carbonyl (C=O) groups excluding carboxylic acids is 2. The van der Waals surface area contributed by atoms with Crippen LogP contribution in [0.25, 0.3) is 0 Å². The molecule has 7 heteroatoms. The third-order valence-electron chi connectivity index (χ3n) is 3.19. The number of hydrogen-bond acceptors (Lipinski definition) is 5. The first-order valence-electron chi connectivity index (χ1n) is 8.10. The minimum atomic E-state index is -0.833. The third-order valence-corrected chi connectivity index (χ3v) is 3.44. The van der Waals surface area contributed by atoms with Gasteiger partial charge in [0.15, 0.2) is 0 Å². The lowest BCUT2D eigenvalue weighted by Crippen LogP contribution is -2.44. The van der Waals surface area contributed by atoms with Crippen molar-refractivity contribution in [3.63, 3.8) is 0 Å². The Hall–Kier alpha value is -1.95. The van der Waals surface area contributed by atoms with E-state index in [9.17, 15) is 9.59 Å². The lowest BCUT2D eigenvalue weighted by atomic mass is 10.2. The van der Waals surface area contributed by atoms with E-state index >= 15 is 0 Å². The monoisotopic (exact) mass is 371 g/mol. The van der Waals surface area contributed by atoms with Crippen LogP contribution in [-0.4, -0.2) is 35.9 Å². The van der Waals surface area contributed by atoms with E-state index < -0.39 is 29.8 Å². The van der Waals surface area contributed by atoms with Gasteiger partial charge in [0.05, 0.1) is 0 Å². The fraction of sp³-hybridized carbons (Fsp3) is 0.556. The molecule has 1 amide bonds. The van der Waals surface area contributed by atoms with Crippen LogP contribution in [0.5, 0.6) is 5.75 Å². The second kappa shape index (κ2) is 8.94. The number of rotatable bonds is 6. The zero-order valence-electron chi connectivity index (χ0n) is 15.5. The Labute approximate surface area is 153 Å². The van der Waals surface area contributed by atoms with Crippen molar-refractivity contribution in [2.24, 2.45) is 0 Å². The molecule has 6 nitrogen and oxygen atoms in total. The van der Waals surface area contributed by atoms with E-state index in [4.69, 9.17) is 25.8 Å². The highest BCUT2D eigenvalue weighted by molar-refractivity contribution is 6.30. The minimum Gasteiger partial charge on any atom is -0.487 e. The molecule has 0 spiro atoms. The molecule has 1 rings (SSSR count). The molecular formula is C18H26ClNO5. The summed E-state index contributed by atoms with van der Waals surface area (Å²) in [6.45, 7) is 10.3. The van der Waals surface area contributed by atoms with E-state index in [1.165, 1.54) is 6.92 Å². The molecule has 0 fully saturated rings. The van der Waals surface area contributed by atoms with Crippen LogP contribution < -0.4 is 10.1 Å². The maximum atomic E-state index is 12.1. The maximum Gasteiger partial charge on any atom is 0.408 e. The summed E-state index contributed by atoms with van der Waals surface area (Å²) < 4.78 is 16.2. The highest BCUT2D eigenvalue weighted by Gasteiger charge is 2.25. The number of hydrogen-bond donors (Lipinski definition) is 1. The standard InChI is InChI=1S/C18H26ClNO5/c1-11(20-17(22)25-18(4,5)6)16(21)24-13(3)12(2)23-15-9-7-14(19)8-10-15/h7-13H,1-6H3,(H,20,22)/t11-,12+,13-/m0/s1. The molecule has 0 aliphatic rings. The van der Waals surface area contributed by atoms with Crippen molar-refractivity contribution in [1.29, 1.82) is 0 Å².